The third-order valence-corrected chi connectivity index (χ3v) is 3.11. The summed E-state index contributed by atoms with van der Waals surface area (Å²) in [5.41, 5.74) is 8.44. The van der Waals surface area contributed by atoms with Crippen molar-refractivity contribution in [2.24, 2.45) is 10.9 Å². The fraction of sp³-hybridized carbons (Fsp3) is 0.615. The standard InChI is InChI=1S/C13H23N5O/c1-5-8-18(4)13-11(12(14)17-19)9(6-2)10(7-3)15-16-13/h19H,5-8H2,1-4H3,(H2,14,17). The number of rotatable bonds is 6. The lowest BCUT2D eigenvalue weighted by molar-refractivity contribution is 0.318. The van der Waals surface area contributed by atoms with Gasteiger partial charge in [-0.1, -0.05) is 25.9 Å². The van der Waals surface area contributed by atoms with E-state index in [-0.39, 0.29) is 5.84 Å². The zero-order valence-corrected chi connectivity index (χ0v) is 12.1. The van der Waals surface area contributed by atoms with Crippen molar-refractivity contribution in [1.29, 1.82) is 0 Å². The highest BCUT2D eigenvalue weighted by atomic mass is 16.4. The number of nitrogens with two attached hydrogens (primary N) is 1. The first-order valence-corrected chi connectivity index (χ1v) is 6.67. The van der Waals surface area contributed by atoms with Gasteiger partial charge in [-0.25, -0.2) is 0 Å². The predicted molar refractivity (Wildman–Crippen MR) is 76.9 cm³/mol. The highest BCUT2D eigenvalue weighted by Crippen LogP contribution is 2.23. The van der Waals surface area contributed by atoms with Gasteiger partial charge >= 0.3 is 0 Å². The average Bonchev–Trinajstić information content (AvgIpc) is 2.44. The van der Waals surface area contributed by atoms with Gasteiger partial charge in [0.15, 0.2) is 11.7 Å². The van der Waals surface area contributed by atoms with Crippen molar-refractivity contribution in [2.45, 2.75) is 40.0 Å². The summed E-state index contributed by atoms with van der Waals surface area (Å²) in [6, 6.07) is 0. The predicted octanol–water partition coefficient (Wildman–Crippen LogP) is 1.54. The molecule has 0 unspecified atom stereocenters. The Morgan fingerprint density at radius 2 is 1.95 bits per heavy atom. The molecule has 0 aliphatic carbocycles. The van der Waals surface area contributed by atoms with E-state index in [1.807, 2.05) is 25.8 Å². The van der Waals surface area contributed by atoms with E-state index in [1.165, 1.54) is 0 Å². The summed E-state index contributed by atoms with van der Waals surface area (Å²) in [6.07, 6.45) is 2.54. The van der Waals surface area contributed by atoms with Crippen LogP contribution in [0.4, 0.5) is 5.82 Å². The number of nitrogens with zero attached hydrogens (tertiary/aromatic N) is 4. The van der Waals surface area contributed by atoms with Crippen LogP contribution in [0, 0.1) is 0 Å². The summed E-state index contributed by atoms with van der Waals surface area (Å²) in [6.45, 7) is 6.99. The van der Waals surface area contributed by atoms with E-state index in [9.17, 15) is 0 Å². The summed E-state index contributed by atoms with van der Waals surface area (Å²) >= 11 is 0. The lowest BCUT2D eigenvalue weighted by Gasteiger charge is -2.22. The molecule has 0 radical (unpaired) electrons. The van der Waals surface area contributed by atoms with Gasteiger partial charge in [-0.05, 0) is 24.8 Å². The second kappa shape index (κ2) is 6.92. The molecule has 0 bridgehead atoms. The fourth-order valence-corrected chi connectivity index (χ4v) is 2.19. The molecule has 3 N–H and O–H groups in total. The number of aromatic nitrogens is 2. The Kier molecular flexibility index (Phi) is 5.54. The molecule has 0 aliphatic heterocycles. The normalized spacial score (nSPS) is 11.7. The molecule has 1 aromatic heterocycles. The molecule has 6 heteroatoms. The zero-order valence-electron chi connectivity index (χ0n) is 12.1. The molecular weight excluding hydrogens is 242 g/mol. The van der Waals surface area contributed by atoms with Crippen LogP contribution in [0.1, 0.15) is 44.0 Å². The molecule has 0 spiro atoms. The van der Waals surface area contributed by atoms with Gasteiger partial charge < -0.3 is 15.8 Å². The van der Waals surface area contributed by atoms with Crippen LogP contribution in [0.2, 0.25) is 0 Å². The van der Waals surface area contributed by atoms with Gasteiger partial charge in [0, 0.05) is 13.6 Å². The molecular formula is C13H23N5O. The molecule has 6 nitrogen and oxygen atoms in total. The van der Waals surface area contributed by atoms with Gasteiger partial charge in [-0.3, -0.25) is 0 Å². The molecule has 0 saturated carbocycles. The van der Waals surface area contributed by atoms with E-state index in [0.717, 1.165) is 37.1 Å². The minimum atomic E-state index is 0.0967. The summed E-state index contributed by atoms with van der Waals surface area (Å²) in [4.78, 5) is 1.99. The summed E-state index contributed by atoms with van der Waals surface area (Å²) < 4.78 is 0. The SMILES string of the molecule is CCCN(C)c1nnc(CC)c(CC)c1C(N)=NO. The average molecular weight is 265 g/mol. The Morgan fingerprint density at radius 3 is 2.42 bits per heavy atom. The number of amidine groups is 1. The van der Waals surface area contributed by atoms with Crippen LogP contribution < -0.4 is 10.6 Å². The van der Waals surface area contributed by atoms with Crippen LogP contribution in [0.15, 0.2) is 5.16 Å². The number of anilines is 1. The van der Waals surface area contributed by atoms with E-state index in [0.29, 0.717) is 11.4 Å². The molecule has 0 fully saturated rings. The number of aryl methyl sites for hydroxylation is 1. The smallest absolute Gasteiger partial charge is 0.174 e. The monoisotopic (exact) mass is 265 g/mol. The van der Waals surface area contributed by atoms with Crippen LogP contribution in [0.5, 0.6) is 0 Å². The molecule has 0 aromatic carbocycles. The quantitative estimate of drug-likeness (QED) is 0.352. The van der Waals surface area contributed by atoms with E-state index in [4.69, 9.17) is 10.9 Å². The number of hydrogen-bond acceptors (Lipinski definition) is 5. The van der Waals surface area contributed by atoms with E-state index in [2.05, 4.69) is 22.3 Å². The van der Waals surface area contributed by atoms with Gasteiger partial charge in [-0.2, -0.15) is 5.10 Å². The Labute approximate surface area is 114 Å². The van der Waals surface area contributed by atoms with Crippen LogP contribution in [0.3, 0.4) is 0 Å². The Balaban J connectivity index is 3.47. The van der Waals surface area contributed by atoms with Gasteiger partial charge in [0.2, 0.25) is 0 Å². The van der Waals surface area contributed by atoms with Crippen LogP contribution >= 0.6 is 0 Å². The Bertz CT molecular complexity index is 459. The maximum absolute atomic E-state index is 9.00. The lowest BCUT2D eigenvalue weighted by Crippen LogP contribution is -2.27. The Morgan fingerprint density at radius 1 is 1.26 bits per heavy atom. The van der Waals surface area contributed by atoms with Crippen molar-refractivity contribution in [2.75, 3.05) is 18.5 Å². The minimum Gasteiger partial charge on any atom is -0.409 e. The first kappa shape index (κ1) is 15.2. The minimum absolute atomic E-state index is 0.0967. The first-order valence-electron chi connectivity index (χ1n) is 6.67. The highest BCUT2D eigenvalue weighted by Gasteiger charge is 2.20. The summed E-state index contributed by atoms with van der Waals surface area (Å²) in [7, 11) is 1.94. The van der Waals surface area contributed by atoms with Crippen molar-refractivity contribution in [3.8, 4) is 0 Å². The first-order chi connectivity index (χ1) is 9.10. The number of oxime groups is 1. The largest absolute Gasteiger partial charge is 0.409 e. The molecule has 1 aromatic rings. The lowest BCUT2D eigenvalue weighted by atomic mass is 10.0. The second-order valence-electron chi connectivity index (χ2n) is 4.44. The van der Waals surface area contributed by atoms with E-state index in [1.54, 1.807) is 0 Å². The molecule has 0 amide bonds. The number of hydrogen-bond donors (Lipinski definition) is 2. The van der Waals surface area contributed by atoms with Crippen molar-refractivity contribution in [3.05, 3.63) is 16.8 Å². The summed E-state index contributed by atoms with van der Waals surface area (Å²) in [5.74, 6) is 0.769. The maximum Gasteiger partial charge on any atom is 0.174 e. The molecule has 106 valence electrons. The van der Waals surface area contributed by atoms with Crippen molar-refractivity contribution in [1.82, 2.24) is 10.2 Å². The molecule has 0 aliphatic rings. The molecule has 0 saturated heterocycles. The van der Waals surface area contributed by atoms with E-state index >= 15 is 0 Å². The summed E-state index contributed by atoms with van der Waals surface area (Å²) in [5, 5.41) is 20.7. The highest BCUT2D eigenvalue weighted by molar-refractivity contribution is 6.02. The van der Waals surface area contributed by atoms with Crippen molar-refractivity contribution in [3.63, 3.8) is 0 Å². The van der Waals surface area contributed by atoms with Gasteiger partial charge in [0.1, 0.15) is 0 Å². The molecule has 19 heavy (non-hydrogen) atoms. The molecule has 1 rings (SSSR count). The van der Waals surface area contributed by atoms with Gasteiger partial charge in [-0.15, -0.1) is 5.10 Å². The zero-order chi connectivity index (χ0) is 14.4. The second-order valence-corrected chi connectivity index (χ2v) is 4.44. The molecule has 0 atom stereocenters. The van der Waals surface area contributed by atoms with Crippen molar-refractivity contribution >= 4 is 11.7 Å². The van der Waals surface area contributed by atoms with Gasteiger partial charge in [0.25, 0.3) is 0 Å². The Hall–Kier alpha value is -1.85. The fourth-order valence-electron chi connectivity index (χ4n) is 2.19. The third kappa shape index (κ3) is 3.13. The van der Waals surface area contributed by atoms with E-state index < -0.39 is 0 Å². The van der Waals surface area contributed by atoms with Gasteiger partial charge in [0.05, 0.1) is 11.3 Å². The topological polar surface area (TPSA) is 87.6 Å². The van der Waals surface area contributed by atoms with Crippen LogP contribution in [-0.2, 0) is 12.8 Å². The molecule has 1 heterocycles. The van der Waals surface area contributed by atoms with Crippen LogP contribution in [0.25, 0.3) is 0 Å². The maximum atomic E-state index is 9.00. The third-order valence-electron chi connectivity index (χ3n) is 3.11. The van der Waals surface area contributed by atoms with Crippen molar-refractivity contribution < 1.29 is 5.21 Å². The van der Waals surface area contributed by atoms with Crippen LogP contribution in [-0.4, -0.2) is 34.8 Å².